The van der Waals surface area contributed by atoms with Crippen molar-refractivity contribution in [3.63, 3.8) is 0 Å². The van der Waals surface area contributed by atoms with Gasteiger partial charge in [0.05, 0.1) is 27.5 Å². The van der Waals surface area contributed by atoms with Gasteiger partial charge < -0.3 is 28.4 Å². The number of nitrogens with one attached hydrogen (secondary N) is 3. The zero-order valence-electron chi connectivity index (χ0n) is 31.7. The summed E-state index contributed by atoms with van der Waals surface area (Å²) in [5.41, 5.74) is 8.66. The Morgan fingerprint density at radius 2 is 1.53 bits per heavy atom. The molecule has 1 unspecified atom stereocenters. The van der Waals surface area contributed by atoms with Crippen LogP contribution >= 0.6 is 35.5 Å². The zero-order chi connectivity index (χ0) is 40.1. The van der Waals surface area contributed by atoms with E-state index in [1.165, 1.54) is 30.2 Å². The van der Waals surface area contributed by atoms with Gasteiger partial charge in [-0.05, 0) is 122 Å². The first-order chi connectivity index (χ1) is 27.5. The van der Waals surface area contributed by atoms with E-state index in [0.717, 1.165) is 99.0 Å². The number of allylic oxidation sites excluding steroid dienone is 4. The van der Waals surface area contributed by atoms with Gasteiger partial charge in [0, 0.05) is 82.4 Å². The van der Waals surface area contributed by atoms with Crippen LogP contribution in [0.2, 0.25) is 0 Å². The number of piperazine rings is 1. The lowest BCUT2D eigenvalue weighted by atomic mass is 9.92. The Kier molecular flexibility index (Phi) is 12.8. The topological polar surface area (TPSA) is 131 Å². The van der Waals surface area contributed by atoms with Crippen molar-refractivity contribution in [2.24, 2.45) is 7.05 Å². The quantitative estimate of drug-likeness (QED) is 0.0456. The fraction of sp³-hybridized carbons (Fsp3) is 0.214. The second-order valence-corrected chi connectivity index (χ2v) is 17.0. The molecule has 4 aromatic carbocycles. The molecule has 0 spiro atoms. The Bertz CT molecular complexity index is 2330. The van der Waals surface area contributed by atoms with Crippen molar-refractivity contribution in [1.82, 2.24) is 9.29 Å². The van der Waals surface area contributed by atoms with E-state index in [1.54, 1.807) is 12.1 Å². The van der Waals surface area contributed by atoms with Gasteiger partial charge in [0.15, 0.2) is 0 Å². The minimum atomic E-state index is -1.51. The maximum atomic E-state index is 13.5. The third-order valence-electron chi connectivity index (χ3n) is 10.0. The average Bonchev–Trinajstić information content (AvgIpc) is 3.49. The van der Waals surface area contributed by atoms with Gasteiger partial charge in [0.2, 0.25) is 0 Å². The van der Waals surface area contributed by atoms with Crippen molar-refractivity contribution in [3.05, 3.63) is 141 Å². The number of benzene rings is 4. The number of nitrogens with zero attached hydrogens (tertiary/aromatic N) is 4. The predicted molar refractivity (Wildman–Crippen MR) is 238 cm³/mol. The van der Waals surface area contributed by atoms with E-state index in [-0.39, 0.29) is 16.5 Å². The molecule has 15 heteroatoms. The third-order valence-corrected chi connectivity index (χ3v) is 12.5. The summed E-state index contributed by atoms with van der Waals surface area (Å²) in [5.74, 6) is -0.362. The maximum absolute atomic E-state index is 13.5. The smallest absolute Gasteiger partial charge is 0.294 e. The Labute approximate surface area is 349 Å². The van der Waals surface area contributed by atoms with Gasteiger partial charge in [0.25, 0.3) is 11.6 Å². The van der Waals surface area contributed by atoms with Gasteiger partial charge in [-0.15, -0.1) is 0 Å². The number of anilines is 4. The number of amides is 1. The summed E-state index contributed by atoms with van der Waals surface area (Å²) in [6.45, 7) is 5.19. The molecule has 1 amide bonds. The largest absolute Gasteiger partial charge is 0.593 e. The van der Waals surface area contributed by atoms with Gasteiger partial charge in [0.1, 0.15) is 11.9 Å². The fourth-order valence-corrected chi connectivity index (χ4v) is 8.97. The Morgan fingerprint density at radius 1 is 0.825 bits per heavy atom. The van der Waals surface area contributed by atoms with E-state index < -0.39 is 11.4 Å². The van der Waals surface area contributed by atoms with Crippen molar-refractivity contribution in [3.8, 4) is 11.1 Å². The number of hydrogen-bond donors (Lipinski definition) is 3. The number of carbonyl (C=O) groups excluding carboxylic acids is 1. The lowest BCUT2D eigenvalue weighted by Gasteiger charge is -2.37. The van der Waals surface area contributed by atoms with E-state index in [0.29, 0.717) is 11.3 Å². The Hall–Kier alpha value is -4.99. The molecule has 11 nitrogen and oxygen atoms in total. The molecule has 1 aliphatic heterocycles. The molecule has 5 aromatic rings. The molecule has 3 N–H and O–H groups in total. The number of nitro benzene ring substituents is 1. The Balaban J connectivity index is 1.01. The minimum Gasteiger partial charge on any atom is -0.593 e. The van der Waals surface area contributed by atoms with Gasteiger partial charge in [-0.2, -0.15) is 4.72 Å². The van der Waals surface area contributed by atoms with E-state index >= 15 is 0 Å². The summed E-state index contributed by atoms with van der Waals surface area (Å²) in [6.07, 6.45) is 6.90. The van der Waals surface area contributed by atoms with Crippen LogP contribution in [0.15, 0.2) is 124 Å². The lowest BCUT2D eigenvalue weighted by molar-refractivity contribution is -0.384. The normalized spacial score (nSPS) is 14.8. The first kappa shape index (κ1) is 40.2. The maximum Gasteiger partial charge on any atom is 0.294 e. The highest BCUT2D eigenvalue weighted by molar-refractivity contribution is 8.01. The molecule has 7 rings (SSSR count). The van der Waals surface area contributed by atoms with Crippen molar-refractivity contribution in [2.45, 2.75) is 29.6 Å². The van der Waals surface area contributed by atoms with E-state index in [2.05, 4.69) is 52.8 Å². The molecule has 1 atom stereocenters. The highest BCUT2D eigenvalue weighted by Gasteiger charge is 2.29. The van der Waals surface area contributed by atoms with Crippen molar-refractivity contribution < 1.29 is 14.3 Å². The second kappa shape index (κ2) is 18.1. The monoisotopic (exact) mass is 839 g/mol. The summed E-state index contributed by atoms with van der Waals surface area (Å²) < 4.78 is 23.2. The molecular formula is C42H42ClN7O4S3. The van der Waals surface area contributed by atoms with Crippen LogP contribution in [0.3, 0.4) is 0 Å². The molecule has 2 heterocycles. The van der Waals surface area contributed by atoms with Gasteiger partial charge in [-0.1, -0.05) is 48.0 Å². The summed E-state index contributed by atoms with van der Waals surface area (Å²) in [6, 6.07) is 31.4. The standard InChI is InChI=1S/C42H42ClN7O4S3/c1-28-39(42(51)46-57(3)54)40(41(47(28)2)29-12-14-31(43)15-13-29)30-8-7-9-34(26-30)49-24-22-48(23-25-49)33-18-16-32(17-19-33)44-56-36-20-21-37(38(27-36)50(52)53)45-55-35-10-5-4-6-11-35/h4-12,14,16-21,26-27,44-45H,13,15,22-25H2,1-3H3,(H,46,51). The van der Waals surface area contributed by atoms with Gasteiger partial charge in [-0.25, -0.2) is 0 Å². The average molecular weight is 840 g/mol. The number of hydrogen-bond acceptors (Lipinski definition) is 10. The van der Waals surface area contributed by atoms with Crippen LogP contribution in [-0.4, -0.2) is 52.4 Å². The SMILES string of the molecule is Cc1c(C(=O)N[S+](C)[O-])c(-c2cccc(N3CCN(c4ccc(NSc5ccc(NSc6ccccc6)c([N+](=O)[O-])c5)cc4)CC3)c2)c(C2=CC=C(Cl)CC2)n1C. The molecule has 1 aliphatic carbocycles. The molecule has 57 heavy (non-hydrogen) atoms. The second-order valence-electron chi connectivity index (χ2n) is 13.7. The van der Waals surface area contributed by atoms with Gasteiger partial charge >= 0.3 is 0 Å². The highest BCUT2D eigenvalue weighted by Crippen LogP contribution is 2.41. The van der Waals surface area contributed by atoms with Crippen LogP contribution in [0.1, 0.15) is 34.6 Å². The number of rotatable bonds is 13. The van der Waals surface area contributed by atoms with Crippen LogP contribution in [0.4, 0.5) is 28.4 Å². The molecule has 2 aliphatic rings. The third kappa shape index (κ3) is 9.43. The van der Waals surface area contributed by atoms with Crippen LogP contribution < -0.4 is 24.0 Å². The summed E-state index contributed by atoms with van der Waals surface area (Å²) >= 11 is 7.47. The molecule has 0 bridgehead atoms. The van der Waals surface area contributed by atoms with E-state index in [9.17, 15) is 19.5 Å². The van der Waals surface area contributed by atoms with Crippen LogP contribution in [0.5, 0.6) is 0 Å². The van der Waals surface area contributed by atoms with Gasteiger partial charge in [-0.3, -0.25) is 14.9 Å². The molecule has 0 saturated carbocycles. The summed E-state index contributed by atoms with van der Waals surface area (Å²) in [7, 11) is 1.97. The van der Waals surface area contributed by atoms with Crippen molar-refractivity contribution in [1.29, 1.82) is 0 Å². The van der Waals surface area contributed by atoms with Crippen molar-refractivity contribution in [2.75, 3.05) is 51.7 Å². The Morgan fingerprint density at radius 3 is 2.19 bits per heavy atom. The minimum absolute atomic E-state index is 0.00905. The van der Waals surface area contributed by atoms with E-state index in [1.807, 2.05) is 86.8 Å². The molecule has 294 valence electrons. The molecule has 1 saturated heterocycles. The summed E-state index contributed by atoms with van der Waals surface area (Å²) in [5, 5.41) is 12.7. The summed E-state index contributed by atoms with van der Waals surface area (Å²) in [4.78, 5) is 31.4. The number of nitro groups is 1. The lowest BCUT2D eigenvalue weighted by Crippen LogP contribution is -2.46. The zero-order valence-corrected chi connectivity index (χ0v) is 34.9. The number of aromatic nitrogens is 1. The first-order valence-electron chi connectivity index (χ1n) is 18.3. The predicted octanol–water partition coefficient (Wildman–Crippen LogP) is 9.80. The number of carbonyl (C=O) groups is 1. The molecule has 1 aromatic heterocycles. The molecule has 1 fully saturated rings. The number of halogens is 1. The van der Waals surface area contributed by atoms with Crippen molar-refractivity contribution >= 4 is 86.8 Å². The highest BCUT2D eigenvalue weighted by atomic mass is 35.5. The fourth-order valence-electron chi connectivity index (χ4n) is 7.08. The van der Waals surface area contributed by atoms with Crippen LogP contribution in [-0.2, 0) is 18.4 Å². The van der Waals surface area contributed by atoms with Crippen LogP contribution in [0.25, 0.3) is 16.7 Å². The van der Waals surface area contributed by atoms with Crippen LogP contribution in [0, 0.1) is 17.0 Å². The molecular weight excluding hydrogens is 798 g/mol. The first-order valence-corrected chi connectivity index (χ1v) is 21.9. The molecule has 0 radical (unpaired) electrons. The van der Waals surface area contributed by atoms with E-state index in [4.69, 9.17) is 11.6 Å².